The maximum absolute atomic E-state index is 2.29. The second-order valence-corrected chi connectivity index (χ2v) is 5.25. The van der Waals surface area contributed by atoms with Gasteiger partial charge in [0.05, 0.1) is 0 Å². The average Bonchev–Trinajstić information content (AvgIpc) is 2.04. The molecule has 0 aromatic heterocycles. The van der Waals surface area contributed by atoms with Gasteiger partial charge < -0.3 is 0 Å². The maximum Gasteiger partial charge on any atom is 0.00716 e. The molecule has 0 amide bonds. The first-order chi connectivity index (χ1) is 5.36. The van der Waals surface area contributed by atoms with Crippen molar-refractivity contribution in [1.29, 1.82) is 0 Å². The molecule has 1 aromatic rings. The Kier molecular flexibility index (Phi) is 1.82. The summed E-state index contributed by atoms with van der Waals surface area (Å²) in [4.78, 5) is 0. The van der Waals surface area contributed by atoms with Crippen LogP contribution in [0.15, 0.2) is 24.3 Å². The van der Waals surface area contributed by atoms with E-state index >= 15 is 0 Å². The van der Waals surface area contributed by atoms with Crippen molar-refractivity contribution in [2.24, 2.45) is 0 Å². The lowest BCUT2D eigenvalue weighted by Crippen LogP contribution is -2.08. The van der Waals surface area contributed by atoms with E-state index in [2.05, 4.69) is 24.3 Å². The topological polar surface area (TPSA) is 0 Å². The van der Waals surface area contributed by atoms with Gasteiger partial charge in [-0.15, -0.1) is 0 Å². The highest BCUT2D eigenvalue weighted by Crippen LogP contribution is 2.26. The Morgan fingerprint density at radius 1 is 1.18 bits per heavy atom. The molecule has 1 atom stereocenters. The van der Waals surface area contributed by atoms with Crippen LogP contribution in [0, 0.1) is 0 Å². The molecule has 0 spiro atoms. The molecule has 2 rings (SSSR count). The fourth-order valence-electron chi connectivity index (χ4n) is 1.88. The van der Waals surface area contributed by atoms with E-state index in [1.807, 2.05) is 0 Å². The summed E-state index contributed by atoms with van der Waals surface area (Å²) in [5.41, 5.74) is 4.24. The monoisotopic (exact) mass is 162 g/mol. The lowest BCUT2D eigenvalue weighted by Gasteiger charge is -2.20. The lowest BCUT2D eigenvalue weighted by molar-refractivity contribution is 0.684. The Labute approximate surface area is 71.1 Å². The molecular formula is C10H14Si. The molecule has 1 aliphatic rings. The van der Waals surface area contributed by atoms with E-state index in [-0.39, 0.29) is 0 Å². The second-order valence-electron chi connectivity index (χ2n) is 3.62. The number of fused-ring (bicyclic) bond motifs is 1. The van der Waals surface area contributed by atoms with E-state index in [1.165, 1.54) is 29.5 Å². The third-order valence-electron chi connectivity index (χ3n) is 2.59. The summed E-state index contributed by atoms with van der Waals surface area (Å²) in [6.07, 6.45) is 4.11. The Morgan fingerprint density at radius 3 is 2.73 bits per heavy atom. The van der Waals surface area contributed by atoms with E-state index in [0.717, 1.165) is 5.54 Å². The Morgan fingerprint density at radius 2 is 1.91 bits per heavy atom. The number of aryl methyl sites for hydroxylation is 1. The molecule has 1 heteroatoms. The molecule has 58 valence electrons. The van der Waals surface area contributed by atoms with Crippen LogP contribution in [0.25, 0.3) is 0 Å². The molecule has 1 unspecified atom stereocenters. The zero-order chi connectivity index (χ0) is 7.68. The van der Waals surface area contributed by atoms with Crippen molar-refractivity contribution in [3.63, 3.8) is 0 Å². The smallest absolute Gasteiger partial charge is 0.00716 e. The van der Waals surface area contributed by atoms with Crippen molar-refractivity contribution < 1.29 is 0 Å². The first-order valence-corrected chi connectivity index (χ1v) is 5.58. The van der Waals surface area contributed by atoms with Crippen LogP contribution in [0.1, 0.15) is 17.5 Å². The normalized spacial score (nSPS) is 23.1. The van der Waals surface area contributed by atoms with Crippen LogP contribution in [-0.2, 0) is 12.8 Å². The summed E-state index contributed by atoms with van der Waals surface area (Å²) in [6, 6.07) is 8.90. The molecule has 0 N–H and O–H groups in total. The van der Waals surface area contributed by atoms with Gasteiger partial charge in [0, 0.05) is 10.2 Å². The van der Waals surface area contributed by atoms with Crippen LogP contribution in [0.4, 0.5) is 0 Å². The SMILES string of the molecule is [SiH3]C1CCc2ccccc2C1. The Bertz CT molecular complexity index is 255. The Hall–Kier alpha value is -0.563. The fraction of sp³-hybridized carbons (Fsp3) is 0.400. The zero-order valence-corrected chi connectivity index (χ0v) is 9.01. The summed E-state index contributed by atoms with van der Waals surface area (Å²) < 4.78 is 0. The number of benzene rings is 1. The molecule has 0 fully saturated rings. The minimum Gasteiger partial charge on any atom is -0.0620 e. The van der Waals surface area contributed by atoms with Crippen molar-refractivity contribution in [2.45, 2.75) is 24.8 Å². The van der Waals surface area contributed by atoms with Gasteiger partial charge in [0.2, 0.25) is 0 Å². The fourth-order valence-corrected chi connectivity index (χ4v) is 2.61. The summed E-state index contributed by atoms with van der Waals surface area (Å²) in [5.74, 6) is 0. The molecule has 11 heavy (non-hydrogen) atoms. The van der Waals surface area contributed by atoms with Gasteiger partial charge in [-0.2, -0.15) is 0 Å². The third-order valence-corrected chi connectivity index (χ3v) is 3.58. The molecule has 0 nitrogen and oxygen atoms in total. The van der Waals surface area contributed by atoms with Crippen LogP contribution >= 0.6 is 0 Å². The summed E-state index contributed by atoms with van der Waals surface area (Å²) >= 11 is 0. The summed E-state index contributed by atoms with van der Waals surface area (Å²) in [5, 5.41) is 0. The minimum absolute atomic E-state index is 1.03. The van der Waals surface area contributed by atoms with Crippen LogP contribution in [0.2, 0.25) is 5.54 Å². The second kappa shape index (κ2) is 2.82. The van der Waals surface area contributed by atoms with Crippen molar-refractivity contribution in [3.8, 4) is 0 Å². The van der Waals surface area contributed by atoms with Crippen molar-refractivity contribution >= 4 is 10.2 Å². The van der Waals surface area contributed by atoms with Crippen LogP contribution < -0.4 is 0 Å². The predicted molar refractivity (Wildman–Crippen MR) is 52.2 cm³/mol. The van der Waals surface area contributed by atoms with Gasteiger partial charge in [0.25, 0.3) is 0 Å². The molecule has 0 saturated heterocycles. The van der Waals surface area contributed by atoms with Gasteiger partial charge >= 0.3 is 0 Å². The van der Waals surface area contributed by atoms with Gasteiger partial charge in [0.15, 0.2) is 0 Å². The molecular weight excluding hydrogens is 148 g/mol. The molecule has 0 radical (unpaired) electrons. The van der Waals surface area contributed by atoms with Crippen LogP contribution in [-0.4, -0.2) is 10.2 Å². The molecule has 0 bridgehead atoms. The van der Waals surface area contributed by atoms with E-state index in [9.17, 15) is 0 Å². The quantitative estimate of drug-likeness (QED) is 0.505. The maximum atomic E-state index is 2.29. The van der Waals surface area contributed by atoms with Crippen molar-refractivity contribution in [3.05, 3.63) is 35.4 Å². The molecule has 0 aliphatic heterocycles. The average molecular weight is 162 g/mol. The highest BCUT2D eigenvalue weighted by molar-refractivity contribution is 6.11. The van der Waals surface area contributed by atoms with E-state index < -0.39 is 0 Å². The molecule has 0 heterocycles. The highest BCUT2D eigenvalue weighted by Gasteiger charge is 2.13. The van der Waals surface area contributed by atoms with Gasteiger partial charge in [0.1, 0.15) is 0 Å². The van der Waals surface area contributed by atoms with Gasteiger partial charge in [-0.05, 0) is 30.4 Å². The standard InChI is InChI=1S/C10H14Si/c11-10-6-5-8-3-1-2-4-9(8)7-10/h1-4,10H,5-7H2,11H3. The lowest BCUT2D eigenvalue weighted by atomic mass is 9.91. The van der Waals surface area contributed by atoms with Gasteiger partial charge in [-0.1, -0.05) is 29.8 Å². The predicted octanol–water partition coefficient (Wildman–Crippen LogP) is 1.33. The number of rotatable bonds is 0. The van der Waals surface area contributed by atoms with E-state index in [1.54, 1.807) is 11.1 Å². The first kappa shape index (κ1) is 7.11. The van der Waals surface area contributed by atoms with E-state index in [4.69, 9.17) is 0 Å². The minimum atomic E-state index is 1.03. The van der Waals surface area contributed by atoms with Crippen LogP contribution in [0.5, 0.6) is 0 Å². The van der Waals surface area contributed by atoms with Gasteiger partial charge in [-0.3, -0.25) is 0 Å². The zero-order valence-electron chi connectivity index (χ0n) is 7.01. The van der Waals surface area contributed by atoms with Gasteiger partial charge in [-0.25, -0.2) is 0 Å². The van der Waals surface area contributed by atoms with Crippen molar-refractivity contribution in [1.82, 2.24) is 0 Å². The third kappa shape index (κ3) is 1.38. The Balaban J connectivity index is 2.34. The first-order valence-electron chi connectivity index (χ1n) is 4.43. The largest absolute Gasteiger partial charge is 0.0620 e. The van der Waals surface area contributed by atoms with Crippen LogP contribution in [0.3, 0.4) is 0 Å². The van der Waals surface area contributed by atoms with Crippen molar-refractivity contribution in [2.75, 3.05) is 0 Å². The number of hydrogen-bond donors (Lipinski definition) is 0. The molecule has 1 aromatic carbocycles. The summed E-state index contributed by atoms with van der Waals surface area (Å²) in [7, 11) is 1.37. The molecule has 0 saturated carbocycles. The molecule has 1 aliphatic carbocycles. The van der Waals surface area contributed by atoms with E-state index in [0.29, 0.717) is 0 Å². The highest BCUT2D eigenvalue weighted by atomic mass is 28.1. The number of hydrogen-bond acceptors (Lipinski definition) is 0. The summed E-state index contributed by atoms with van der Waals surface area (Å²) in [6.45, 7) is 0.